The van der Waals surface area contributed by atoms with Gasteiger partial charge in [0, 0.05) is 16.8 Å². The van der Waals surface area contributed by atoms with Crippen LogP contribution in [-0.4, -0.2) is 17.6 Å². The molecule has 1 aromatic heterocycles. The predicted molar refractivity (Wildman–Crippen MR) is 66.4 cm³/mol. The summed E-state index contributed by atoms with van der Waals surface area (Å²) in [5.74, 6) is 0.0193. The highest BCUT2D eigenvalue weighted by atomic mass is 32.1. The Kier molecular flexibility index (Phi) is 4.50. The van der Waals surface area contributed by atoms with Gasteiger partial charge in [0.25, 0.3) is 0 Å². The first kappa shape index (κ1) is 13.2. The quantitative estimate of drug-likeness (QED) is 0.850. The Morgan fingerprint density at radius 2 is 2.25 bits per heavy atom. The zero-order chi connectivity index (χ0) is 12.2. The lowest BCUT2D eigenvalue weighted by Crippen LogP contribution is -2.35. The number of nitrogens with one attached hydrogen (secondary N) is 1. The van der Waals surface area contributed by atoms with Crippen molar-refractivity contribution in [3.8, 4) is 0 Å². The number of aliphatic hydroxyl groups is 1. The summed E-state index contributed by atoms with van der Waals surface area (Å²) in [5.41, 5.74) is -0.367. The van der Waals surface area contributed by atoms with E-state index in [-0.39, 0.29) is 11.3 Å². The summed E-state index contributed by atoms with van der Waals surface area (Å²) in [6.07, 6.45) is 0.0859. The summed E-state index contributed by atoms with van der Waals surface area (Å²) in [6, 6.07) is 3.82. The third kappa shape index (κ3) is 3.94. The molecule has 0 aromatic carbocycles. The minimum Gasteiger partial charge on any atom is -0.388 e. The van der Waals surface area contributed by atoms with Gasteiger partial charge < -0.3 is 10.4 Å². The Labute approximate surface area is 100 Å². The van der Waals surface area contributed by atoms with Crippen molar-refractivity contribution < 1.29 is 9.90 Å². The Hall–Kier alpha value is -0.870. The molecule has 1 amide bonds. The van der Waals surface area contributed by atoms with Crippen LogP contribution in [0.2, 0.25) is 0 Å². The Bertz CT molecular complexity index is 327. The van der Waals surface area contributed by atoms with Crippen molar-refractivity contribution in [3.63, 3.8) is 0 Å². The lowest BCUT2D eigenvalue weighted by Gasteiger charge is -2.18. The number of aliphatic hydroxyl groups excluding tert-OH is 1. The maximum Gasteiger partial charge on any atom is 0.225 e. The molecule has 0 fully saturated rings. The first-order chi connectivity index (χ1) is 7.41. The first-order valence-electron chi connectivity index (χ1n) is 5.41. The second kappa shape index (κ2) is 5.46. The lowest BCUT2D eigenvalue weighted by molar-refractivity contribution is -0.128. The number of rotatable bonds is 4. The van der Waals surface area contributed by atoms with Crippen LogP contribution >= 0.6 is 11.3 Å². The van der Waals surface area contributed by atoms with Gasteiger partial charge in [0.2, 0.25) is 5.91 Å². The van der Waals surface area contributed by atoms with Gasteiger partial charge in [-0.2, -0.15) is 0 Å². The Balaban J connectivity index is 2.29. The van der Waals surface area contributed by atoms with Gasteiger partial charge in [0.15, 0.2) is 0 Å². The predicted octanol–water partition coefficient (Wildman–Crippen LogP) is 2.33. The first-order valence-corrected chi connectivity index (χ1v) is 6.29. The van der Waals surface area contributed by atoms with Gasteiger partial charge >= 0.3 is 0 Å². The van der Waals surface area contributed by atoms with Gasteiger partial charge in [-0.05, 0) is 17.9 Å². The van der Waals surface area contributed by atoms with Gasteiger partial charge in [0.1, 0.15) is 0 Å². The maximum absolute atomic E-state index is 11.5. The number of carbonyl (C=O) groups is 1. The van der Waals surface area contributed by atoms with Crippen molar-refractivity contribution in [2.45, 2.75) is 33.3 Å². The van der Waals surface area contributed by atoms with E-state index in [9.17, 15) is 9.90 Å². The monoisotopic (exact) mass is 241 g/mol. The minimum absolute atomic E-state index is 0.0193. The second-order valence-corrected chi connectivity index (χ2v) is 5.81. The summed E-state index contributed by atoms with van der Waals surface area (Å²) in [4.78, 5) is 12.5. The highest BCUT2D eigenvalue weighted by molar-refractivity contribution is 7.10. The van der Waals surface area contributed by atoms with E-state index < -0.39 is 6.10 Å². The fraction of sp³-hybridized carbons (Fsp3) is 0.583. The average molecular weight is 241 g/mol. The standard InChI is InChI=1S/C12H19NO2S/c1-12(2,3)11(15)13-7-6-9(14)10-5-4-8-16-10/h4-5,8-9,14H,6-7H2,1-3H3,(H,13,15). The molecule has 0 radical (unpaired) electrons. The van der Waals surface area contributed by atoms with E-state index in [1.807, 2.05) is 38.3 Å². The van der Waals surface area contributed by atoms with E-state index >= 15 is 0 Å². The topological polar surface area (TPSA) is 49.3 Å². The summed E-state index contributed by atoms with van der Waals surface area (Å²) in [5, 5.41) is 14.5. The molecule has 0 aliphatic heterocycles. The maximum atomic E-state index is 11.5. The summed E-state index contributed by atoms with van der Waals surface area (Å²) >= 11 is 1.53. The molecule has 0 spiro atoms. The fourth-order valence-electron chi connectivity index (χ4n) is 1.21. The average Bonchev–Trinajstić information content (AvgIpc) is 2.68. The van der Waals surface area contributed by atoms with Gasteiger partial charge in [-0.15, -0.1) is 11.3 Å². The Morgan fingerprint density at radius 1 is 1.56 bits per heavy atom. The molecule has 0 bridgehead atoms. The molecule has 0 saturated carbocycles. The molecule has 0 aliphatic carbocycles. The molecule has 0 aliphatic rings. The van der Waals surface area contributed by atoms with Crippen molar-refractivity contribution in [2.75, 3.05) is 6.54 Å². The zero-order valence-electron chi connectivity index (χ0n) is 9.99. The molecule has 1 aromatic rings. The van der Waals surface area contributed by atoms with E-state index in [1.165, 1.54) is 11.3 Å². The van der Waals surface area contributed by atoms with E-state index in [4.69, 9.17) is 0 Å². The molecule has 16 heavy (non-hydrogen) atoms. The van der Waals surface area contributed by atoms with Crippen LogP contribution in [0.15, 0.2) is 17.5 Å². The molecule has 2 N–H and O–H groups in total. The van der Waals surface area contributed by atoms with Gasteiger partial charge in [-0.3, -0.25) is 4.79 Å². The van der Waals surface area contributed by atoms with Gasteiger partial charge in [0.05, 0.1) is 6.10 Å². The van der Waals surface area contributed by atoms with Crippen molar-refractivity contribution in [1.29, 1.82) is 0 Å². The van der Waals surface area contributed by atoms with Gasteiger partial charge in [-0.1, -0.05) is 26.8 Å². The molecule has 4 heteroatoms. The van der Waals surface area contributed by atoms with Crippen LogP contribution in [0.1, 0.15) is 38.2 Å². The summed E-state index contributed by atoms with van der Waals surface area (Å²) in [7, 11) is 0. The van der Waals surface area contributed by atoms with Crippen LogP contribution in [-0.2, 0) is 4.79 Å². The van der Waals surface area contributed by atoms with Crippen molar-refractivity contribution in [2.24, 2.45) is 5.41 Å². The molecule has 1 unspecified atom stereocenters. The summed E-state index contributed by atoms with van der Waals surface area (Å²) < 4.78 is 0. The van der Waals surface area contributed by atoms with E-state index in [0.717, 1.165) is 4.88 Å². The minimum atomic E-state index is -0.472. The van der Waals surface area contributed by atoms with Crippen LogP contribution in [0, 0.1) is 5.41 Å². The number of amides is 1. The molecule has 1 rings (SSSR count). The molecule has 1 heterocycles. The lowest BCUT2D eigenvalue weighted by atomic mass is 9.96. The smallest absolute Gasteiger partial charge is 0.225 e. The van der Waals surface area contributed by atoms with Crippen LogP contribution in [0.3, 0.4) is 0 Å². The Morgan fingerprint density at radius 3 is 2.75 bits per heavy atom. The highest BCUT2D eigenvalue weighted by Crippen LogP contribution is 2.21. The van der Waals surface area contributed by atoms with Crippen LogP contribution < -0.4 is 5.32 Å². The number of thiophene rings is 1. The molecule has 1 atom stereocenters. The SMILES string of the molecule is CC(C)(C)C(=O)NCCC(O)c1cccs1. The number of hydrogen-bond donors (Lipinski definition) is 2. The zero-order valence-corrected chi connectivity index (χ0v) is 10.8. The van der Waals surface area contributed by atoms with Crippen LogP contribution in [0.25, 0.3) is 0 Å². The highest BCUT2D eigenvalue weighted by Gasteiger charge is 2.20. The van der Waals surface area contributed by atoms with Crippen molar-refractivity contribution in [1.82, 2.24) is 5.32 Å². The molecular weight excluding hydrogens is 222 g/mol. The van der Waals surface area contributed by atoms with E-state index in [2.05, 4.69) is 5.32 Å². The fourth-order valence-corrected chi connectivity index (χ4v) is 1.96. The number of hydrogen-bond acceptors (Lipinski definition) is 3. The molecule has 3 nitrogen and oxygen atoms in total. The third-order valence-electron chi connectivity index (χ3n) is 2.26. The molecule has 90 valence electrons. The van der Waals surface area contributed by atoms with Crippen molar-refractivity contribution >= 4 is 17.2 Å². The second-order valence-electron chi connectivity index (χ2n) is 4.83. The van der Waals surface area contributed by atoms with Crippen LogP contribution in [0.5, 0.6) is 0 Å². The molecule has 0 saturated heterocycles. The van der Waals surface area contributed by atoms with Gasteiger partial charge in [-0.25, -0.2) is 0 Å². The van der Waals surface area contributed by atoms with Crippen molar-refractivity contribution in [3.05, 3.63) is 22.4 Å². The largest absolute Gasteiger partial charge is 0.388 e. The van der Waals surface area contributed by atoms with Crippen LogP contribution in [0.4, 0.5) is 0 Å². The van der Waals surface area contributed by atoms with E-state index in [1.54, 1.807) is 0 Å². The number of carbonyl (C=O) groups excluding carboxylic acids is 1. The summed E-state index contributed by atoms with van der Waals surface area (Å²) in [6.45, 7) is 6.13. The third-order valence-corrected chi connectivity index (χ3v) is 3.23. The van der Waals surface area contributed by atoms with E-state index in [0.29, 0.717) is 13.0 Å². The normalized spacial score (nSPS) is 13.5. The molecular formula is C12H19NO2S.